The molecule has 178 valence electrons. The lowest BCUT2D eigenvalue weighted by Gasteiger charge is -2.31. The number of aliphatic imine (C=N–C) groups is 1. The maximum absolute atomic E-state index is 13.1. The van der Waals surface area contributed by atoms with E-state index in [1.807, 2.05) is 18.7 Å². The Balaban J connectivity index is 1.50. The fourth-order valence-corrected chi connectivity index (χ4v) is 4.96. The fraction of sp³-hybridized carbons (Fsp3) is 0.458. The number of imidazole rings is 1. The number of likely N-dealkylation sites (tertiary alicyclic amines) is 1. The standard InChI is InChI=1S/C24H30N8O2/c1-14-10-19-20(29(4)13-15(2)26-19)11-18(14)27-23-25-12-21-22(28-23)32(24(34)30(21)5)17-6-8-31(9-7-17)16(3)33/h10-12,17H,6-9,13H2,1-5H3,(H,25,27,28). The van der Waals surface area contributed by atoms with Crippen LogP contribution in [0.3, 0.4) is 0 Å². The van der Waals surface area contributed by atoms with Gasteiger partial charge in [0, 0.05) is 51.5 Å². The third-order valence-corrected chi connectivity index (χ3v) is 6.86. The van der Waals surface area contributed by atoms with Gasteiger partial charge in [-0.2, -0.15) is 4.98 Å². The van der Waals surface area contributed by atoms with Gasteiger partial charge in [-0.15, -0.1) is 0 Å². The van der Waals surface area contributed by atoms with Gasteiger partial charge in [-0.1, -0.05) is 0 Å². The van der Waals surface area contributed by atoms with Crippen LogP contribution in [0.2, 0.25) is 0 Å². The van der Waals surface area contributed by atoms with Gasteiger partial charge in [0.05, 0.1) is 24.1 Å². The number of rotatable bonds is 3. The fourth-order valence-electron chi connectivity index (χ4n) is 4.96. The van der Waals surface area contributed by atoms with Gasteiger partial charge in [0.1, 0.15) is 5.52 Å². The lowest BCUT2D eigenvalue weighted by Crippen LogP contribution is -2.39. The first kappa shape index (κ1) is 22.1. The Labute approximate surface area is 197 Å². The summed E-state index contributed by atoms with van der Waals surface area (Å²) in [5, 5.41) is 3.35. The van der Waals surface area contributed by atoms with Crippen molar-refractivity contribution in [3.05, 3.63) is 34.4 Å². The van der Waals surface area contributed by atoms with Gasteiger partial charge in [-0.3, -0.25) is 18.9 Å². The summed E-state index contributed by atoms with van der Waals surface area (Å²) in [6, 6.07) is 4.13. The molecule has 0 bridgehead atoms. The monoisotopic (exact) mass is 462 g/mol. The second-order valence-corrected chi connectivity index (χ2v) is 9.34. The van der Waals surface area contributed by atoms with E-state index in [1.54, 1.807) is 29.3 Å². The summed E-state index contributed by atoms with van der Waals surface area (Å²) in [4.78, 5) is 42.8. The van der Waals surface area contributed by atoms with Gasteiger partial charge >= 0.3 is 5.69 Å². The third kappa shape index (κ3) is 3.72. The van der Waals surface area contributed by atoms with Crippen LogP contribution in [-0.2, 0) is 11.8 Å². The van der Waals surface area contributed by atoms with Crippen LogP contribution in [0.4, 0.5) is 23.0 Å². The molecule has 1 N–H and O–H groups in total. The van der Waals surface area contributed by atoms with Crippen molar-refractivity contribution in [3.8, 4) is 0 Å². The minimum atomic E-state index is -0.109. The molecule has 1 saturated heterocycles. The minimum absolute atomic E-state index is 0.00483. The van der Waals surface area contributed by atoms with E-state index in [9.17, 15) is 9.59 Å². The van der Waals surface area contributed by atoms with Crippen LogP contribution in [0, 0.1) is 6.92 Å². The molecule has 1 aromatic carbocycles. The highest BCUT2D eigenvalue weighted by Gasteiger charge is 2.26. The predicted molar refractivity (Wildman–Crippen MR) is 134 cm³/mol. The first-order chi connectivity index (χ1) is 16.2. The number of benzene rings is 1. The van der Waals surface area contributed by atoms with Crippen molar-refractivity contribution in [1.82, 2.24) is 24.0 Å². The van der Waals surface area contributed by atoms with E-state index in [-0.39, 0.29) is 17.6 Å². The molecule has 0 radical (unpaired) electrons. The number of aryl methyl sites for hydroxylation is 2. The molecule has 2 aliphatic heterocycles. The molecular formula is C24H30N8O2. The van der Waals surface area contributed by atoms with Gasteiger partial charge < -0.3 is 15.1 Å². The second-order valence-electron chi connectivity index (χ2n) is 9.34. The Kier molecular flexibility index (Phi) is 5.38. The third-order valence-electron chi connectivity index (χ3n) is 6.86. The first-order valence-corrected chi connectivity index (χ1v) is 11.6. The molecule has 3 aromatic rings. The maximum Gasteiger partial charge on any atom is 0.330 e. The number of hydrogen-bond donors (Lipinski definition) is 1. The number of hydrogen-bond acceptors (Lipinski definition) is 7. The Morgan fingerprint density at radius 3 is 2.59 bits per heavy atom. The van der Waals surface area contributed by atoms with Crippen molar-refractivity contribution < 1.29 is 4.79 Å². The Bertz CT molecular complexity index is 1380. The normalized spacial score (nSPS) is 16.6. The van der Waals surface area contributed by atoms with E-state index < -0.39 is 0 Å². The lowest BCUT2D eigenvalue weighted by atomic mass is 10.0. The predicted octanol–water partition coefficient (Wildman–Crippen LogP) is 2.91. The molecule has 4 heterocycles. The molecule has 34 heavy (non-hydrogen) atoms. The SMILES string of the molecule is CC(=O)N1CCC(n2c(=O)n(C)c3cnc(Nc4cc5c(cc4C)N=C(C)CN5C)nc32)CC1. The van der Waals surface area contributed by atoms with Gasteiger partial charge in [0.2, 0.25) is 11.9 Å². The van der Waals surface area contributed by atoms with Crippen LogP contribution in [-0.4, -0.2) is 62.3 Å². The summed E-state index contributed by atoms with van der Waals surface area (Å²) in [6.07, 6.45) is 3.14. The van der Waals surface area contributed by atoms with E-state index >= 15 is 0 Å². The molecule has 2 aliphatic rings. The molecule has 0 saturated carbocycles. The summed E-state index contributed by atoms with van der Waals surface area (Å²) in [5.74, 6) is 0.513. The van der Waals surface area contributed by atoms with Crippen molar-refractivity contribution in [3.63, 3.8) is 0 Å². The Morgan fingerprint density at radius 1 is 1.15 bits per heavy atom. The average Bonchev–Trinajstić information content (AvgIpc) is 3.04. The van der Waals surface area contributed by atoms with E-state index in [0.29, 0.717) is 30.2 Å². The van der Waals surface area contributed by atoms with Crippen LogP contribution in [0.1, 0.15) is 38.3 Å². The number of fused-ring (bicyclic) bond motifs is 2. The molecule has 0 unspecified atom stereocenters. The number of nitrogens with one attached hydrogen (secondary N) is 1. The molecule has 1 fully saturated rings. The highest BCUT2D eigenvalue weighted by atomic mass is 16.2. The van der Waals surface area contributed by atoms with Crippen molar-refractivity contribution in [2.45, 2.75) is 39.7 Å². The molecule has 0 atom stereocenters. The highest BCUT2D eigenvalue weighted by Crippen LogP contribution is 2.37. The molecular weight excluding hydrogens is 432 g/mol. The highest BCUT2D eigenvalue weighted by molar-refractivity contribution is 5.95. The van der Waals surface area contributed by atoms with Gasteiger partial charge in [0.25, 0.3) is 0 Å². The number of piperidine rings is 1. The number of carbonyl (C=O) groups excluding carboxylic acids is 1. The van der Waals surface area contributed by atoms with Crippen LogP contribution in [0.25, 0.3) is 11.2 Å². The molecule has 10 nitrogen and oxygen atoms in total. The quantitative estimate of drug-likeness (QED) is 0.642. The second kappa shape index (κ2) is 8.27. The van der Waals surface area contributed by atoms with Crippen molar-refractivity contribution >= 4 is 45.8 Å². The molecule has 0 aliphatic carbocycles. The maximum atomic E-state index is 13.1. The summed E-state index contributed by atoms with van der Waals surface area (Å²) in [7, 11) is 3.80. The van der Waals surface area contributed by atoms with Gasteiger partial charge in [0.15, 0.2) is 5.65 Å². The summed E-state index contributed by atoms with van der Waals surface area (Å²) < 4.78 is 3.36. The average molecular weight is 463 g/mol. The molecule has 5 rings (SSSR count). The smallest absolute Gasteiger partial charge is 0.330 e. The molecule has 0 spiro atoms. The Morgan fingerprint density at radius 2 is 1.88 bits per heavy atom. The number of amides is 1. The Hall–Kier alpha value is -3.69. The molecule has 1 amide bonds. The van der Waals surface area contributed by atoms with Gasteiger partial charge in [-0.05, 0) is 44.4 Å². The van der Waals surface area contributed by atoms with E-state index in [0.717, 1.165) is 47.7 Å². The van der Waals surface area contributed by atoms with Crippen molar-refractivity contribution in [2.24, 2.45) is 12.0 Å². The van der Waals surface area contributed by atoms with Crippen molar-refractivity contribution in [2.75, 3.05) is 36.9 Å². The van der Waals surface area contributed by atoms with Crippen LogP contribution >= 0.6 is 0 Å². The van der Waals surface area contributed by atoms with E-state index in [1.165, 1.54) is 0 Å². The molecule has 10 heteroatoms. The lowest BCUT2D eigenvalue weighted by molar-refractivity contribution is -0.130. The van der Waals surface area contributed by atoms with Crippen molar-refractivity contribution in [1.29, 1.82) is 0 Å². The number of aromatic nitrogens is 4. The minimum Gasteiger partial charge on any atom is -0.367 e. The number of anilines is 3. The summed E-state index contributed by atoms with van der Waals surface area (Å²) >= 11 is 0. The zero-order chi connectivity index (χ0) is 24.1. The van der Waals surface area contributed by atoms with Gasteiger partial charge in [-0.25, -0.2) is 9.78 Å². The summed E-state index contributed by atoms with van der Waals surface area (Å²) in [6.45, 7) is 7.72. The van der Waals surface area contributed by atoms with E-state index in [4.69, 9.17) is 4.98 Å². The summed E-state index contributed by atoms with van der Waals surface area (Å²) in [5.41, 5.74) is 6.22. The van der Waals surface area contributed by atoms with Crippen LogP contribution in [0.15, 0.2) is 28.1 Å². The number of carbonyl (C=O) groups is 1. The molecule has 2 aromatic heterocycles. The largest absolute Gasteiger partial charge is 0.367 e. The van der Waals surface area contributed by atoms with Crippen LogP contribution in [0.5, 0.6) is 0 Å². The zero-order valence-electron chi connectivity index (χ0n) is 20.3. The first-order valence-electron chi connectivity index (χ1n) is 11.6. The van der Waals surface area contributed by atoms with Crippen LogP contribution < -0.4 is 15.9 Å². The zero-order valence-corrected chi connectivity index (χ0v) is 20.3. The number of nitrogens with zero attached hydrogens (tertiary/aromatic N) is 7. The van der Waals surface area contributed by atoms with E-state index in [2.05, 4.69) is 39.4 Å². The topological polar surface area (TPSA) is 101 Å².